The summed E-state index contributed by atoms with van der Waals surface area (Å²) in [6.07, 6.45) is 1.59. The number of halogens is 1. The highest BCUT2D eigenvalue weighted by molar-refractivity contribution is 6.30. The summed E-state index contributed by atoms with van der Waals surface area (Å²) in [6.45, 7) is 1.62. The maximum atomic E-state index is 8.45. The van der Waals surface area contributed by atoms with Crippen LogP contribution in [0.1, 0.15) is 5.56 Å². The number of aromatic nitrogens is 2. The van der Waals surface area contributed by atoms with Crippen LogP contribution in [-0.2, 0) is 0 Å². The van der Waals surface area contributed by atoms with Crippen molar-refractivity contribution in [3.8, 4) is 0 Å². The van der Waals surface area contributed by atoms with Crippen molar-refractivity contribution in [1.29, 1.82) is 0 Å². The van der Waals surface area contributed by atoms with Gasteiger partial charge in [0, 0.05) is 11.8 Å². The van der Waals surface area contributed by atoms with Gasteiger partial charge in [-0.25, -0.2) is 9.97 Å². The maximum Gasteiger partial charge on any atom is 0.225 e. The van der Waals surface area contributed by atoms with E-state index in [4.69, 9.17) is 16.7 Å². The van der Waals surface area contributed by atoms with E-state index in [1.807, 2.05) is 6.92 Å². The molecule has 11 heavy (non-hydrogen) atoms. The molecule has 0 bridgehead atoms. The molecule has 0 aliphatic heterocycles. The summed E-state index contributed by atoms with van der Waals surface area (Å²) in [7, 11) is 0. The summed E-state index contributed by atoms with van der Waals surface area (Å²) in [4.78, 5) is 7.71. The van der Waals surface area contributed by atoms with E-state index in [9.17, 15) is 0 Å². The molecule has 0 radical (unpaired) electrons. The average Bonchev–Trinajstić information content (AvgIpc) is 1.98. The average molecular weight is 174 g/mol. The second kappa shape index (κ2) is 3.50. The molecule has 0 aromatic carbocycles. The zero-order valence-corrected chi connectivity index (χ0v) is 6.76. The fraction of sp³-hybridized carbons (Fsp3) is 0.333. The van der Waals surface area contributed by atoms with Crippen LogP contribution in [0.25, 0.3) is 0 Å². The zero-order valence-electron chi connectivity index (χ0n) is 6.00. The number of aliphatic hydroxyl groups excluding tert-OH is 1. The molecule has 1 rings (SSSR count). The number of nitrogens with zero attached hydrogens (tertiary/aromatic N) is 2. The molecule has 0 aliphatic carbocycles. The molecule has 1 aromatic heterocycles. The summed E-state index contributed by atoms with van der Waals surface area (Å²) in [5.74, 6) is 0.336. The molecule has 0 fully saturated rings. The van der Waals surface area contributed by atoms with Crippen LogP contribution in [-0.4, -0.2) is 21.8 Å². The van der Waals surface area contributed by atoms with E-state index >= 15 is 0 Å². The predicted octanol–water partition coefficient (Wildman–Crippen LogP) is 0.800. The van der Waals surface area contributed by atoms with Crippen LogP contribution >= 0.6 is 11.6 Å². The van der Waals surface area contributed by atoms with Crippen LogP contribution < -0.4 is 5.32 Å². The highest BCUT2D eigenvalue weighted by Crippen LogP contribution is 2.11. The number of aliphatic hydroxyl groups is 1. The molecule has 2 N–H and O–H groups in total. The molecule has 0 aliphatic rings. The van der Waals surface area contributed by atoms with Gasteiger partial charge in [0.2, 0.25) is 5.95 Å². The van der Waals surface area contributed by atoms with Crippen LogP contribution in [0.5, 0.6) is 0 Å². The highest BCUT2D eigenvalue weighted by atomic mass is 35.5. The number of hydrogen-bond donors (Lipinski definition) is 2. The molecule has 0 saturated heterocycles. The summed E-state index contributed by atoms with van der Waals surface area (Å²) in [5, 5.41) is 11.4. The van der Waals surface area contributed by atoms with Crippen LogP contribution in [0.4, 0.5) is 5.95 Å². The van der Waals surface area contributed by atoms with Gasteiger partial charge < -0.3 is 10.4 Å². The van der Waals surface area contributed by atoms with E-state index in [0.717, 1.165) is 5.56 Å². The minimum atomic E-state index is -0.195. The molecule has 0 atom stereocenters. The highest BCUT2D eigenvalue weighted by Gasteiger charge is 1.98. The SMILES string of the molecule is Cc1cnc(NCO)nc1Cl. The summed E-state index contributed by atoms with van der Waals surface area (Å²) in [5.41, 5.74) is 0.815. The molecule has 0 saturated carbocycles. The molecular weight excluding hydrogens is 166 g/mol. The Labute approximate surface area is 69.2 Å². The van der Waals surface area contributed by atoms with Gasteiger partial charge in [-0.15, -0.1) is 0 Å². The lowest BCUT2D eigenvalue weighted by molar-refractivity contribution is 0.324. The van der Waals surface area contributed by atoms with E-state index in [1.165, 1.54) is 0 Å². The summed E-state index contributed by atoms with van der Waals surface area (Å²) >= 11 is 5.68. The molecule has 0 spiro atoms. The third-order valence-electron chi connectivity index (χ3n) is 1.15. The van der Waals surface area contributed by atoms with Crippen LogP contribution in [0, 0.1) is 6.92 Å². The number of anilines is 1. The molecular formula is C6H8ClN3O. The Morgan fingerprint density at radius 3 is 3.00 bits per heavy atom. The monoisotopic (exact) mass is 173 g/mol. The molecule has 1 aromatic rings. The van der Waals surface area contributed by atoms with Gasteiger partial charge in [0.15, 0.2) is 0 Å². The quantitative estimate of drug-likeness (QED) is 0.513. The Hall–Kier alpha value is -0.870. The van der Waals surface area contributed by atoms with Crippen LogP contribution in [0.3, 0.4) is 0 Å². The lowest BCUT2D eigenvalue weighted by Crippen LogP contribution is -2.04. The van der Waals surface area contributed by atoms with Gasteiger partial charge >= 0.3 is 0 Å². The molecule has 60 valence electrons. The molecule has 1 heterocycles. The van der Waals surface area contributed by atoms with Crippen molar-refractivity contribution < 1.29 is 5.11 Å². The Kier molecular flexibility index (Phi) is 2.62. The number of hydrogen-bond acceptors (Lipinski definition) is 4. The van der Waals surface area contributed by atoms with Crippen LogP contribution in [0.2, 0.25) is 5.15 Å². The fourth-order valence-electron chi connectivity index (χ4n) is 0.577. The first-order chi connectivity index (χ1) is 5.24. The number of aryl methyl sites for hydroxylation is 1. The van der Waals surface area contributed by atoms with Gasteiger partial charge in [0.1, 0.15) is 11.9 Å². The largest absolute Gasteiger partial charge is 0.376 e. The Morgan fingerprint density at radius 2 is 2.45 bits per heavy atom. The van der Waals surface area contributed by atoms with Gasteiger partial charge in [0.25, 0.3) is 0 Å². The third kappa shape index (κ3) is 2.03. The lowest BCUT2D eigenvalue weighted by atomic mass is 10.4. The number of nitrogens with one attached hydrogen (secondary N) is 1. The lowest BCUT2D eigenvalue weighted by Gasteiger charge is -2.01. The topological polar surface area (TPSA) is 58.0 Å². The summed E-state index contributed by atoms with van der Waals surface area (Å²) < 4.78 is 0. The minimum absolute atomic E-state index is 0.195. The number of rotatable bonds is 2. The summed E-state index contributed by atoms with van der Waals surface area (Å²) in [6, 6.07) is 0. The Bertz CT molecular complexity index is 254. The zero-order chi connectivity index (χ0) is 8.27. The molecule has 5 heteroatoms. The normalized spacial score (nSPS) is 9.73. The van der Waals surface area contributed by atoms with E-state index in [-0.39, 0.29) is 6.73 Å². The standard InChI is InChI=1S/C6H8ClN3O/c1-4-2-8-6(9-3-11)10-5(4)7/h2,11H,3H2,1H3,(H,8,9,10). The van der Waals surface area contributed by atoms with Crippen molar-refractivity contribution in [2.45, 2.75) is 6.92 Å². The van der Waals surface area contributed by atoms with E-state index in [1.54, 1.807) is 6.20 Å². The second-order valence-electron chi connectivity index (χ2n) is 2.00. The first-order valence-corrected chi connectivity index (χ1v) is 3.45. The Morgan fingerprint density at radius 1 is 1.73 bits per heavy atom. The van der Waals surface area contributed by atoms with Crippen molar-refractivity contribution >= 4 is 17.5 Å². The molecule has 0 amide bonds. The molecule has 0 unspecified atom stereocenters. The first kappa shape index (κ1) is 8.23. The van der Waals surface area contributed by atoms with Gasteiger partial charge in [0.05, 0.1) is 0 Å². The van der Waals surface area contributed by atoms with Gasteiger partial charge in [-0.2, -0.15) is 0 Å². The van der Waals surface area contributed by atoms with Crippen molar-refractivity contribution in [2.75, 3.05) is 12.0 Å². The van der Waals surface area contributed by atoms with E-state index in [0.29, 0.717) is 11.1 Å². The first-order valence-electron chi connectivity index (χ1n) is 3.08. The minimum Gasteiger partial charge on any atom is -0.376 e. The van der Waals surface area contributed by atoms with E-state index in [2.05, 4.69) is 15.3 Å². The second-order valence-corrected chi connectivity index (χ2v) is 2.36. The van der Waals surface area contributed by atoms with Crippen molar-refractivity contribution in [2.24, 2.45) is 0 Å². The van der Waals surface area contributed by atoms with Crippen LogP contribution in [0.15, 0.2) is 6.20 Å². The maximum absolute atomic E-state index is 8.45. The van der Waals surface area contributed by atoms with Crippen molar-refractivity contribution in [1.82, 2.24) is 9.97 Å². The third-order valence-corrected chi connectivity index (χ3v) is 1.53. The predicted molar refractivity (Wildman–Crippen MR) is 42.5 cm³/mol. The Balaban J connectivity index is 2.86. The smallest absolute Gasteiger partial charge is 0.225 e. The van der Waals surface area contributed by atoms with E-state index < -0.39 is 0 Å². The van der Waals surface area contributed by atoms with Gasteiger partial charge in [-0.1, -0.05) is 11.6 Å². The fourth-order valence-corrected chi connectivity index (χ4v) is 0.706. The molecule has 4 nitrogen and oxygen atoms in total. The van der Waals surface area contributed by atoms with Gasteiger partial charge in [-0.05, 0) is 6.92 Å². The van der Waals surface area contributed by atoms with Crippen molar-refractivity contribution in [3.05, 3.63) is 16.9 Å². The van der Waals surface area contributed by atoms with Gasteiger partial charge in [-0.3, -0.25) is 0 Å². The van der Waals surface area contributed by atoms with Crippen molar-refractivity contribution in [3.63, 3.8) is 0 Å².